The van der Waals surface area contributed by atoms with Crippen molar-refractivity contribution >= 4 is 5.69 Å². The Morgan fingerprint density at radius 1 is 1.37 bits per heavy atom. The topological polar surface area (TPSA) is 33.7 Å². The first-order valence-electron chi connectivity index (χ1n) is 7.06. The van der Waals surface area contributed by atoms with Gasteiger partial charge in [0.05, 0.1) is 25.9 Å². The van der Waals surface area contributed by atoms with Gasteiger partial charge in [-0.1, -0.05) is 12.1 Å². The molecule has 0 amide bonds. The van der Waals surface area contributed by atoms with Gasteiger partial charge in [0.2, 0.25) is 0 Å². The van der Waals surface area contributed by atoms with Crippen molar-refractivity contribution in [3.8, 4) is 0 Å². The second-order valence-corrected chi connectivity index (χ2v) is 5.33. The Hall–Kier alpha value is -1.10. The summed E-state index contributed by atoms with van der Waals surface area (Å²) in [5.74, 6) is 0. The number of likely N-dealkylation sites (N-methyl/N-ethyl adjacent to an activating group) is 1. The minimum Gasteiger partial charge on any atom is -0.376 e. The average Bonchev–Trinajstić information content (AvgIpc) is 2.81. The molecule has 0 saturated carbocycles. The van der Waals surface area contributed by atoms with Gasteiger partial charge >= 0.3 is 0 Å². The molecule has 0 aliphatic carbocycles. The van der Waals surface area contributed by atoms with Crippen LogP contribution in [0, 0.1) is 0 Å². The minimum atomic E-state index is 0.203. The summed E-state index contributed by atoms with van der Waals surface area (Å²) in [7, 11) is 2.16. The Bertz CT molecular complexity index is 430. The molecule has 1 unspecified atom stereocenters. The van der Waals surface area contributed by atoms with Gasteiger partial charge in [-0.15, -0.1) is 0 Å². The van der Waals surface area contributed by atoms with Gasteiger partial charge in [-0.25, -0.2) is 0 Å². The van der Waals surface area contributed by atoms with Gasteiger partial charge in [-0.2, -0.15) is 0 Å². The largest absolute Gasteiger partial charge is 0.376 e. The van der Waals surface area contributed by atoms with Gasteiger partial charge in [0.25, 0.3) is 0 Å². The Labute approximate surface area is 114 Å². The molecule has 0 aromatic heterocycles. The predicted molar refractivity (Wildman–Crippen MR) is 75.7 cm³/mol. The fraction of sp³-hybridized carbons (Fsp3) is 0.600. The molecule has 1 fully saturated rings. The first-order chi connectivity index (χ1) is 9.33. The zero-order valence-electron chi connectivity index (χ0n) is 11.5. The maximum Gasteiger partial charge on any atom is 0.0933 e. The van der Waals surface area contributed by atoms with Crippen molar-refractivity contribution in [3.63, 3.8) is 0 Å². The van der Waals surface area contributed by atoms with Crippen molar-refractivity contribution in [2.75, 3.05) is 44.9 Å². The van der Waals surface area contributed by atoms with E-state index in [-0.39, 0.29) is 6.10 Å². The molecule has 1 atom stereocenters. The fourth-order valence-electron chi connectivity index (χ4n) is 2.76. The van der Waals surface area contributed by atoms with Crippen LogP contribution in [0.15, 0.2) is 18.2 Å². The SMILES string of the molecule is CN1CCc2cc(CNCC3COCCO3)ccc21. The number of hydrogen-bond acceptors (Lipinski definition) is 4. The summed E-state index contributed by atoms with van der Waals surface area (Å²) < 4.78 is 11.0. The normalized spacial score (nSPS) is 22.6. The summed E-state index contributed by atoms with van der Waals surface area (Å²) in [5, 5.41) is 3.46. The highest BCUT2D eigenvalue weighted by Crippen LogP contribution is 2.27. The molecule has 1 aromatic rings. The van der Waals surface area contributed by atoms with Crippen LogP contribution in [0.4, 0.5) is 5.69 Å². The van der Waals surface area contributed by atoms with E-state index in [0.29, 0.717) is 6.61 Å². The van der Waals surface area contributed by atoms with E-state index in [1.54, 1.807) is 0 Å². The third kappa shape index (κ3) is 3.08. The minimum absolute atomic E-state index is 0.203. The summed E-state index contributed by atoms with van der Waals surface area (Å²) in [6.07, 6.45) is 1.37. The van der Waals surface area contributed by atoms with Crippen molar-refractivity contribution in [3.05, 3.63) is 29.3 Å². The molecule has 0 bridgehead atoms. The zero-order valence-corrected chi connectivity index (χ0v) is 11.5. The first-order valence-corrected chi connectivity index (χ1v) is 7.06. The van der Waals surface area contributed by atoms with Crippen LogP contribution < -0.4 is 10.2 Å². The molecule has 2 aliphatic heterocycles. The number of nitrogens with zero attached hydrogens (tertiary/aromatic N) is 1. The molecule has 2 aliphatic rings. The molecule has 19 heavy (non-hydrogen) atoms. The van der Waals surface area contributed by atoms with Gasteiger partial charge in [0.1, 0.15) is 0 Å². The summed E-state index contributed by atoms with van der Waals surface area (Å²) in [5.41, 5.74) is 4.21. The number of hydrogen-bond donors (Lipinski definition) is 1. The molecule has 2 heterocycles. The number of rotatable bonds is 4. The summed E-state index contributed by atoms with van der Waals surface area (Å²) in [4.78, 5) is 2.32. The van der Waals surface area contributed by atoms with E-state index >= 15 is 0 Å². The zero-order chi connectivity index (χ0) is 13.1. The fourth-order valence-corrected chi connectivity index (χ4v) is 2.76. The summed E-state index contributed by atoms with van der Waals surface area (Å²) in [6.45, 7) is 5.06. The number of ether oxygens (including phenoxy) is 2. The lowest BCUT2D eigenvalue weighted by atomic mass is 10.1. The highest BCUT2D eigenvalue weighted by atomic mass is 16.6. The molecular formula is C15H22N2O2. The van der Waals surface area contributed by atoms with Crippen LogP contribution in [-0.2, 0) is 22.4 Å². The molecule has 4 nitrogen and oxygen atoms in total. The van der Waals surface area contributed by atoms with E-state index in [0.717, 1.165) is 32.8 Å². The maximum atomic E-state index is 5.61. The number of fused-ring (bicyclic) bond motifs is 1. The van der Waals surface area contributed by atoms with Crippen molar-refractivity contribution in [1.82, 2.24) is 5.32 Å². The predicted octanol–water partition coefficient (Wildman–Crippen LogP) is 1.18. The van der Waals surface area contributed by atoms with Gasteiger partial charge in [-0.3, -0.25) is 0 Å². The van der Waals surface area contributed by atoms with E-state index < -0.39 is 0 Å². The number of nitrogens with one attached hydrogen (secondary N) is 1. The standard InChI is InChI=1S/C15H22N2O2/c1-17-5-4-13-8-12(2-3-15(13)17)9-16-10-14-11-18-6-7-19-14/h2-3,8,14,16H,4-7,9-11H2,1H3. The van der Waals surface area contributed by atoms with E-state index in [9.17, 15) is 0 Å². The van der Waals surface area contributed by atoms with Gasteiger partial charge in [-0.05, 0) is 23.6 Å². The van der Waals surface area contributed by atoms with E-state index in [4.69, 9.17) is 9.47 Å². The first kappa shape index (κ1) is 12.9. The Morgan fingerprint density at radius 3 is 3.16 bits per heavy atom. The second-order valence-electron chi connectivity index (χ2n) is 5.33. The third-order valence-corrected chi connectivity index (χ3v) is 3.86. The Kier molecular flexibility index (Phi) is 4.01. The van der Waals surface area contributed by atoms with Crippen LogP contribution in [0.2, 0.25) is 0 Å². The van der Waals surface area contributed by atoms with Gasteiger partial charge < -0.3 is 19.7 Å². The highest BCUT2D eigenvalue weighted by molar-refractivity contribution is 5.58. The second kappa shape index (κ2) is 5.90. The lowest BCUT2D eigenvalue weighted by molar-refractivity contribution is -0.0864. The van der Waals surface area contributed by atoms with Crippen molar-refractivity contribution < 1.29 is 9.47 Å². The van der Waals surface area contributed by atoms with Crippen LogP contribution in [0.3, 0.4) is 0 Å². The summed E-state index contributed by atoms with van der Waals surface area (Å²) in [6, 6.07) is 6.77. The van der Waals surface area contributed by atoms with Crippen molar-refractivity contribution in [1.29, 1.82) is 0 Å². The average molecular weight is 262 g/mol. The smallest absolute Gasteiger partial charge is 0.0933 e. The van der Waals surface area contributed by atoms with Crippen LogP contribution in [0.25, 0.3) is 0 Å². The van der Waals surface area contributed by atoms with Gasteiger partial charge in [0.15, 0.2) is 0 Å². The monoisotopic (exact) mass is 262 g/mol. The maximum absolute atomic E-state index is 5.61. The molecule has 1 N–H and O–H groups in total. The molecule has 1 aromatic carbocycles. The van der Waals surface area contributed by atoms with Crippen molar-refractivity contribution in [2.24, 2.45) is 0 Å². The van der Waals surface area contributed by atoms with E-state index in [1.807, 2.05) is 0 Å². The Balaban J connectivity index is 1.50. The lowest BCUT2D eigenvalue weighted by Gasteiger charge is -2.23. The molecule has 0 spiro atoms. The van der Waals surface area contributed by atoms with Crippen molar-refractivity contribution in [2.45, 2.75) is 19.1 Å². The van der Waals surface area contributed by atoms with E-state index in [1.165, 1.54) is 23.2 Å². The Morgan fingerprint density at radius 2 is 2.32 bits per heavy atom. The highest BCUT2D eigenvalue weighted by Gasteiger charge is 2.16. The molecule has 1 saturated heterocycles. The lowest BCUT2D eigenvalue weighted by Crippen LogP contribution is -2.37. The molecule has 4 heteroatoms. The van der Waals surface area contributed by atoms with E-state index in [2.05, 4.69) is 35.5 Å². The van der Waals surface area contributed by atoms with Crippen LogP contribution in [0.5, 0.6) is 0 Å². The molecular weight excluding hydrogens is 240 g/mol. The van der Waals surface area contributed by atoms with Crippen LogP contribution in [0.1, 0.15) is 11.1 Å². The number of anilines is 1. The van der Waals surface area contributed by atoms with Crippen LogP contribution in [-0.4, -0.2) is 46.1 Å². The molecule has 0 radical (unpaired) electrons. The summed E-state index contributed by atoms with van der Waals surface area (Å²) >= 11 is 0. The quantitative estimate of drug-likeness (QED) is 0.883. The third-order valence-electron chi connectivity index (χ3n) is 3.86. The van der Waals surface area contributed by atoms with Gasteiger partial charge in [0, 0.05) is 32.4 Å². The molecule has 3 rings (SSSR count). The number of benzene rings is 1. The molecule has 104 valence electrons. The van der Waals surface area contributed by atoms with Crippen LogP contribution >= 0.6 is 0 Å².